The number of ether oxygens (including phenoxy) is 3. The number of methoxy groups -OCH3 is 3. The maximum atomic E-state index is 5.42. The third-order valence-electron chi connectivity index (χ3n) is 3.45. The van der Waals surface area contributed by atoms with Crippen LogP contribution in [-0.4, -0.2) is 40.4 Å². The van der Waals surface area contributed by atoms with E-state index >= 15 is 0 Å². The van der Waals surface area contributed by atoms with Crippen LogP contribution in [0.3, 0.4) is 0 Å². The minimum absolute atomic E-state index is 0. The number of nitrogens with zero attached hydrogens (tertiary/aromatic N) is 1. The number of halogens is 1. The van der Waals surface area contributed by atoms with E-state index in [0.29, 0.717) is 24.1 Å². The highest BCUT2D eigenvalue weighted by Crippen LogP contribution is 2.34. The molecule has 7 heteroatoms. The smallest absolute Gasteiger partial charge is 0.191 e. The van der Waals surface area contributed by atoms with Crippen molar-refractivity contribution in [3.8, 4) is 17.2 Å². The summed E-state index contributed by atoms with van der Waals surface area (Å²) in [6.07, 6.45) is 1.03. The van der Waals surface area contributed by atoms with Gasteiger partial charge in [0.25, 0.3) is 0 Å². The van der Waals surface area contributed by atoms with Gasteiger partial charge in [0.1, 0.15) is 5.75 Å². The normalized spacial score (nSPS) is 12.0. The van der Waals surface area contributed by atoms with Gasteiger partial charge in [0.2, 0.25) is 0 Å². The molecule has 132 valence electrons. The Morgan fingerprint density at radius 1 is 1.09 bits per heavy atom. The summed E-state index contributed by atoms with van der Waals surface area (Å²) in [7, 11) is 6.61. The predicted molar refractivity (Wildman–Crippen MR) is 105 cm³/mol. The van der Waals surface area contributed by atoms with Crippen LogP contribution in [0.15, 0.2) is 17.1 Å². The summed E-state index contributed by atoms with van der Waals surface area (Å²) in [4.78, 5) is 4.22. The van der Waals surface area contributed by atoms with Crippen molar-refractivity contribution >= 4 is 29.9 Å². The maximum Gasteiger partial charge on any atom is 0.191 e. The molecule has 0 aliphatic rings. The quantitative estimate of drug-likeness (QED) is 0.390. The van der Waals surface area contributed by atoms with Gasteiger partial charge in [-0.3, -0.25) is 4.99 Å². The molecule has 0 aliphatic heterocycles. The molecule has 0 heterocycles. The van der Waals surface area contributed by atoms with Crippen LogP contribution >= 0.6 is 24.0 Å². The average Bonchev–Trinajstić information content (AvgIpc) is 2.57. The summed E-state index contributed by atoms with van der Waals surface area (Å²) in [6, 6.07) is 4.08. The maximum absolute atomic E-state index is 5.42. The highest BCUT2D eigenvalue weighted by molar-refractivity contribution is 14.0. The van der Waals surface area contributed by atoms with E-state index in [1.165, 1.54) is 0 Å². The van der Waals surface area contributed by atoms with Gasteiger partial charge in [-0.25, -0.2) is 0 Å². The minimum Gasteiger partial charge on any atom is -0.496 e. The molecular formula is C16H28IN3O3. The van der Waals surface area contributed by atoms with Crippen molar-refractivity contribution in [1.29, 1.82) is 0 Å². The van der Waals surface area contributed by atoms with E-state index in [0.717, 1.165) is 23.7 Å². The number of hydrogen-bond donors (Lipinski definition) is 2. The Morgan fingerprint density at radius 2 is 1.65 bits per heavy atom. The molecule has 0 saturated heterocycles. The molecule has 1 aromatic carbocycles. The van der Waals surface area contributed by atoms with Crippen molar-refractivity contribution in [3.05, 3.63) is 17.7 Å². The lowest BCUT2D eigenvalue weighted by Crippen LogP contribution is -2.41. The minimum atomic E-state index is 0. The van der Waals surface area contributed by atoms with Crippen LogP contribution in [0.5, 0.6) is 17.2 Å². The van der Waals surface area contributed by atoms with Crippen molar-refractivity contribution in [1.82, 2.24) is 10.6 Å². The summed E-state index contributed by atoms with van der Waals surface area (Å²) in [5.41, 5.74) is 0.965. The van der Waals surface area contributed by atoms with Crippen molar-refractivity contribution < 1.29 is 14.2 Å². The number of nitrogens with one attached hydrogen (secondary N) is 2. The molecule has 1 unspecified atom stereocenters. The van der Waals surface area contributed by atoms with Gasteiger partial charge in [0.15, 0.2) is 17.5 Å². The first-order valence-electron chi connectivity index (χ1n) is 7.35. The van der Waals surface area contributed by atoms with E-state index in [-0.39, 0.29) is 24.0 Å². The molecule has 0 aliphatic carbocycles. The first-order valence-corrected chi connectivity index (χ1v) is 7.35. The second-order valence-electron chi connectivity index (χ2n) is 4.90. The zero-order chi connectivity index (χ0) is 16.5. The fourth-order valence-corrected chi connectivity index (χ4v) is 1.94. The van der Waals surface area contributed by atoms with Gasteiger partial charge in [0.05, 0.1) is 21.3 Å². The first kappa shape index (κ1) is 21.6. The largest absolute Gasteiger partial charge is 0.496 e. The summed E-state index contributed by atoms with van der Waals surface area (Å²) in [5, 5.41) is 6.59. The van der Waals surface area contributed by atoms with Crippen LogP contribution in [0, 0.1) is 0 Å². The fraction of sp³-hybridized carbons (Fsp3) is 0.562. The van der Waals surface area contributed by atoms with Crippen molar-refractivity contribution in [2.45, 2.75) is 32.9 Å². The third kappa shape index (κ3) is 6.32. The average molecular weight is 437 g/mol. The Balaban J connectivity index is 0.00000484. The number of guanidine groups is 1. The first-order chi connectivity index (χ1) is 10.6. The second-order valence-corrected chi connectivity index (χ2v) is 4.90. The zero-order valence-electron chi connectivity index (χ0n) is 14.7. The van der Waals surface area contributed by atoms with E-state index in [2.05, 4.69) is 29.5 Å². The molecule has 0 fully saturated rings. The number of benzene rings is 1. The van der Waals surface area contributed by atoms with Gasteiger partial charge in [-0.2, -0.15) is 0 Å². The molecule has 0 amide bonds. The fourth-order valence-electron chi connectivity index (χ4n) is 1.94. The van der Waals surface area contributed by atoms with Crippen LogP contribution in [0.25, 0.3) is 0 Å². The molecule has 23 heavy (non-hydrogen) atoms. The molecule has 0 spiro atoms. The summed E-state index contributed by atoms with van der Waals surface area (Å²) >= 11 is 0. The number of aliphatic imine (C=N–C) groups is 1. The SMILES string of the molecule is CCC(C)NC(=NC)NCc1cc(OC)c(OC)cc1OC.I. The van der Waals surface area contributed by atoms with Crippen LogP contribution < -0.4 is 24.8 Å². The number of rotatable bonds is 7. The standard InChI is InChI=1S/C16H27N3O3.HI/c1-7-11(2)19-16(17-3)18-10-12-8-14(21-5)15(22-6)9-13(12)20-4;/h8-9,11H,7,10H2,1-6H3,(H2,17,18,19);1H. The van der Waals surface area contributed by atoms with Gasteiger partial charge in [-0.15, -0.1) is 24.0 Å². The van der Waals surface area contributed by atoms with E-state index in [4.69, 9.17) is 14.2 Å². The van der Waals surface area contributed by atoms with Gasteiger partial charge >= 0.3 is 0 Å². The molecule has 1 rings (SSSR count). The van der Waals surface area contributed by atoms with Crippen molar-refractivity contribution in [2.75, 3.05) is 28.4 Å². The van der Waals surface area contributed by atoms with Gasteiger partial charge < -0.3 is 24.8 Å². The van der Waals surface area contributed by atoms with Crippen molar-refractivity contribution in [2.24, 2.45) is 4.99 Å². The van der Waals surface area contributed by atoms with Crippen LogP contribution in [0.2, 0.25) is 0 Å². The predicted octanol–water partition coefficient (Wildman–Crippen LogP) is 2.79. The molecule has 2 N–H and O–H groups in total. The van der Waals surface area contributed by atoms with Gasteiger partial charge in [-0.1, -0.05) is 6.92 Å². The summed E-state index contributed by atoms with van der Waals surface area (Å²) < 4.78 is 16.0. The molecular weight excluding hydrogens is 409 g/mol. The second kappa shape index (κ2) is 11.2. The Bertz CT molecular complexity index is 510. The van der Waals surface area contributed by atoms with Gasteiger partial charge in [-0.05, 0) is 19.4 Å². The molecule has 1 atom stereocenters. The molecule has 1 aromatic rings. The molecule has 0 radical (unpaired) electrons. The van der Waals surface area contributed by atoms with E-state index in [1.807, 2.05) is 12.1 Å². The monoisotopic (exact) mass is 437 g/mol. The van der Waals surface area contributed by atoms with Crippen LogP contribution in [-0.2, 0) is 6.54 Å². The van der Waals surface area contributed by atoms with E-state index in [1.54, 1.807) is 28.4 Å². The highest BCUT2D eigenvalue weighted by Gasteiger charge is 2.12. The summed E-state index contributed by atoms with van der Waals surface area (Å²) in [5.74, 6) is 2.81. The summed E-state index contributed by atoms with van der Waals surface area (Å²) in [6.45, 7) is 4.81. The van der Waals surface area contributed by atoms with Crippen LogP contribution in [0.4, 0.5) is 0 Å². The lowest BCUT2D eigenvalue weighted by atomic mass is 10.1. The van der Waals surface area contributed by atoms with E-state index < -0.39 is 0 Å². The Labute approximate surface area is 156 Å². The molecule has 0 aromatic heterocycles. The Hall–Kier alpha value is -1.38. The van der Waals surface area contributed by atoms with Crippen LogP contribution in [0.1, 0.15) is 25.8 Å². The number of hydrogen-bond acceptors (Lipinski definition) is 4. The lowest BCUT2D eigenvalue weighted by molar-refractivity contribution is 0.347. The van der Waals surface area contributed by atoms with Crippen molar-refractivity contribution in [3.63, 3.8) is 0 Å². The lowest BCUT2D eigenvalue weighted by Gasteiger charge is -2.18. The Kier molecular flexibility index (Phi) is 10.5. The van der Waals surface area contributed by atoms with Gasteiger partial charge in [0, 0.05) is 31.3 Å². The Morgan fingerprint density at radius 3 is 2.13 bits per heavy atom. The molecule has 6 nitrogen and oxygen atoms in total. The zero-order valence-corrected chi connectivity index (χ0v) is 17.1. The third-order valence-corrected chi connectivity index (χ3v) is 3.45. The topological polar surface area (TPSA) is 64.1 Å². The highest BCUT2D eigenvalue weighted by atomic mass is 127. The van der Waals surface area contributed by atoms with E-state index in [9.17, 15) is 0 Å². The molecule has 0 saturated carbocycles. The molecule has 0 bridgehead atoms.